The molecule has 0 radical (unpaired) electrons. The van der Waals surface area contributed by atoms with E-state index in [1.807, 2.05) is 13.1 Å². The number of phenols is 2. The van der Waals surface area contributed by atoms with Crippen molar-refractivity contribution in [3.8, 4) is 11.5 Å². The predicted octanol–water partition coefficient (Wildman–Crippen LogP) is 1.81. The molecule has 0 aliphatic carbocycles. The Morgan fingerprint density at radius 1 is 1.29 bits per heavy atom. The molecule has 3 nitrogen and oxygen atoms in total. The van der Waals surface area contributed by atoms with Crippen LogP contribution in [0.15, 0.2) is 18.2 Å². The van der Waals surface area contributed by atoms with Crippen molar-refractivity contribution in [2.75, 3.05) is 13.6 Å². The highest BCUT2D eigenvalue weighted by Gasteiger charge is 2.07. The lowest BCUT2D eigenvalue weighted by atomic mass is 9.97. The lowest BCUT2D eigenvalue weighted by Gasteiger charge is -2.12. The minimum absolute atomic E-state index is 0.0428. The molecule has 1 unspecified atom stereocenters. The first-order chi connectivity index (χ1) is 6.65. The Morgan fingerprint density at radius 2 is 2.00 bits per heavy atom. The van der Waals surface area contributed by atoms with Crippen LogP contribution in [-0.4, -0.2) is 23.8 Å². The van der Waals surface area contributed by atoms with Gasteiger partial charge in [-0.05, 0) is 43.6 Å². The Balaban J connectivity index is 2.70. The maximum absolute atomic E-state index is 9.31. The summed E-state index contributed by atoms with van der Waals surface area (Å²) in [4.78, 5) is 0. The molecule has 0 aliphatic heterocycles. The van der Waals surface area contributed by atoms with E-state index < -0.39 is 0 Å². The molecule has 0 spiro atoms. The van der Waals surface area contributed by atoms with Crippen LogP contribution in [0.1, 0.15) is 24.8 Å². The highest BCUT2D eigenvalue weighted by Crippen LogP contribution is 2.29. The van der Waals surface area contributed by atoms with Crippen molar-refractivity contribution in [3.63, 3.8) is 0 Å². The number of aromatic hydroxyl groups is 2. The number of benzene rings is 1. The molecule has 0 saturated heterocycles. The van der Waals surface area contributed by atoms with Gasteiger partial charge < -0.3 is 15.5 Å². The maximum Gasteiger partial charge on any atom is 0.157 e. The molecule has 0 fully saturated rings. The van der Waals surface area contributed by atoms with E-state index in [-0.39, 0.29) is 11.5 Å². The molecule has 0 aromatic heterocycles. The quantitative estimate of drug-likeness (QED) is 0.642. The first kappa shape index (κ1) is 10.9. The van der Waals surface area contributed by atoms with Crippen molar-refractivity contribution in [1.82, 2.24) is 5.32 Å². The molecule has 78 valence electrons. The van der Waals surface area contributed by atoms with E-state index in [4.69, 9.17) is 5.11 Å². The van der Waals surface area contributed by atoms with E-state index in [0.29, 0.717) is 5.92 Å². The van der Waals surface area contributed by atoms with Crippen molar-refractivity contribution < 1.29 is 10.2 Å². The van der Waals surface area contributed by atoms with Gasteiger partial charge in [-0.1, -0.05) is 13.0 Å². The van der Waals surface area contributed by atoms with E-state index in [1.165, 1.54) is 6.07 Å². The number of nitrogens with one attached hydrogen (secondary N) is 1. The average molecular weight is 195 g/mol. The molecule has 0 saturated carbocycles. The van der Waals surface area contributed by atoms with Gasteiger partial charge in [0.15, 0.2) is 11.5 Å². The Morgan fingerprint density at radius 3 is 2.57 bits per heavy atom. The van der Waals surface area contributed by atoms with E-state index in [2.05, 4.69) is 12.2 Å². The molecule has 1 rings (SSSR count). The number of phenolic OH excluding ortho intramolecular Hbond substituents is 2. The van der Waals surface area contributed by atoms with Crippen molar-refractivity contribution in [1.29, 1.82) is 0 Å². The Labute approximate surface area is 84.4 Å². The summed E-state index contributed by atoms with van der Waals surface area (Å²) in [5, 5.41) is 21.5. The van der Waals surface area contributed by atoms with E-state index in [0.717, 1.165) is 18.5 Å². The highest BCUT2D eigenvalue weighted by molar-refractivity contribution is 5.41. The summed E-state index contributed by atoms with van der Waals surface area (Å²) in [6, 6.07) is 4.99. The molecule has 0 aliphatic rings. The molecule has 3 heteroatoms. The van der Waals surface area contributed by atoms with Crippen LogP contribution < -0.4 is 5.32 Å². The van der Waals surface area contributed by atoms with Gasteiger partial charge in [-0.25, -0.2) is 0 Å². The normalized spacial score (nSPS) is 12.7. The molecule has 3 N–H and O–H groups in total. The van der Waals surface area contributed by atoms with E-state index in [1.54, 1.807) is 6.07 Å². The van der Waals surface area contributed by atoms with Crippen LogP contribution in [0, 0.1) is 0 Å². The summed E-state index contributed by atoms with van der Waals surface area (Å²) in [6.45, 7) is 3.05. The zero-order chi connectivity index (χ0) is 10.6. The van der Waals surface area contributed by atoms with Gasteiger partial charge in [0.1, 0.15) is 0 Å². The molecule has 0 amide bonds. The third kappa shape index (κ3) is 2.64. The SMILES string of the molecule is CNCCC(C)c1ccc(O)c(O)c1. The zero-order valence-electron chi connectivity index (χ0n) is 8.62. The van der Waals surface area contributed by atoms with Gasteiger partial charge in [0, 0.05) is 0 Å². The van der Waals surface area contributed by atoms with Gasteiger partial charge in [-0.3, -0.25) is 0 Å². The molecule has 1 aromatic rings. The molecule has 1 atom stereocenters. The summed E-state index contributed by atoms with van der Waals surface area (Å²) in [5.74, 6) is 0.280. The van der Waals surface area contributed by atoms with Gasteiger partial charge >= 0.3 is 0 Å². The second-order valence-electron chi connectivity index (χ2n) is 3.54. The lowest BCUT2D eigenvalue weighted by molar-refractivity contribution is 0.402. The van der Waals surface area contributed by atoms with Crippen LogP contribution in [-0.2, 0) is 0 Å². The fraction of sp³-hybridized carbons (Fsp3) is 0.455. The standard InChI is InChI=1S/C11H17NO2/c1-8(5-6-12-2)9-3-4-10(13)11(14)7-9/h3-4,7-8,12-14H,5-6H2,1-2H3. The third-order valence-electron chi connectivity index (χ3n) is 2.40. The minimum atomic E-state index is -0.0606. The molecular weight excluding hydrogens is 178 g/mol. The van der Waals surface area contributed by atoms with Crippen molar-refractivity contribution >= 4 is 0 Å². The average Bonchev–Trinajstić information content (AvgIpc) is 2.18. The summed E-state index contributed by atoms with van der Waals surface area (Å²) in [7, 11) is 1.92. The summed E-state index contributed by atoms with van der Waals surface area (Å²) in [6.07, 6.45) is 1.01. The summed E-state index contributed by atoms with van der Waals surface area (Å²) < 4.78 is 0. The van der Waals surface area contributed by atoms with E-state index in [9.17, 15) is 5.11 Å². The minimum Gasteiger partial charge on any atom is -0.504 e. The molecule has 14 heavy (non-hydrogen) atoms. The topological polar surface area (TPSA) is 52.5 Å². The van der Waals surface area contributed by atoms with Crippen LogP contribution >= 0.6 is 0 Å². The van der Waals surface area contributed by atoms with Gasteiger partial charge in [-0.2, -0.15) is 0 Å². The Hall–Kier alpha value is -1.22. The molecular formula is C11H17NO2. The van der Waals surface area contributed by atoms with E-state index >= 15 is 0 Å². The largest absolute Gasteiger partial charge is 0.504 e. The van der Waals surface area contributed by atoms with Gasteiger partial charge in [0.25, 0.3) is 0 Å². The first-order valence-corrected chi connectivity index (χ1v) is 4.81. The van der Waals surface area contributed by atoms with Crippen molar-refractivity contribution in [2.24, 2.45) is 0 Å². The first-order valence-electron chi connectivity index (χ1n) is 4.81. The molecule has 0 bridgehead atoms. The van der Waals surface area contributed by atoms with Gasteiger partial charge in [0.05, 0.1) is 0 Å². The lowest BCUT2D eigenvalue weighted by Crippen LogP contribution is -2.10. The zero-order valence-corrected chi connectivity index (χ0v) is 8.62. The van der Waals surface area contributed by atoms with Crippen LogP contribution in [0.3, 0.4) is 0 Å². The number of hydrogen-bond acceptors (Lipinski definition) is 3. The Bertz CT molecular complexity index is 299. The maximum atomic E-state index is 9.31. The summed E-state index contributed by atoms with van der Waals surface area (Å²) in [5.41, 5.74) is 1.05. The fourth-order valence-corrected chi connectivity index (χ4v) is 1.37. The van der Waals surface area contributed by atoms with Gasteiger partial charge in [0.2, 0.25) is 0 Å². The van der Waals surface area contributed by atoms with Crippen molar-refractivity contribution in [3.05, 3.63) is 23.8 Å². The second kappa shape index (κ2) is 4.86. The van der Waals surface area contributed by atoms with Crippen LogP contribution in [0.25, 0.3) is 0 Å². The van der Waals surface area contributed by atoms with Crippen LogP contribution in [0.2, 0.25) is 0 Å². The molecule has 0 heterocycles. The smallest absolute Gasteiger partial charge is 0.157 e. The Kier molecular flexibility index (Phi) is 3.77. The van der Waals surface area contributed by atoms with Gasteiger partial charge in [-0.15, -0.1) is 0 Å². The van der Waals surface area contributed by atoms with Crippen molar-refractivity contribution in [2.45, 2.75) is 19.3 Å². The molecule has 1 aromatic carbocycles. The summed E-state index contributed by atoms with van der Waals surface area (Å²) >= 11 is 0. The monoisotopic (exact) mass is 195 g/mol. The fourth-order valence-electron chi connectivity index (χ4n) is 1.37. The predicted molar refractivity (Wildman–Crippen MR) is 56.7 cm³/mol. The third-order valence-corrected chi connectivity index (χ3v) is 2.40. The van der Waals surface area contributed by atoms with Crippen LogP contribution in [0.4, 0.5) is 0 Å². The number of rotatable bonds is 4. The highest BCUT2D eigenvalue weighted by atomic mass is 16.3. The van der Waals surface area contributed by atoms with Crippen LogP contribution in [0.5, 0.6) is 11.5 Å². The number of hydrogen-bond donors (Lipinski definition) is 3. The second-order valence-corrected chi connectivity index (χ2v) is 3.54.